The van der Waals surface area contributed by atoms with Crippen LogP contribution in [0.25, 0.3) is 0 Å². The molecule has 0 aromatic rings. The molecular formula is C18H30O6. The molecule has 0 radical (unpaired) electrons. The quantitative estimate of drug-likeness (QED) is 0.556. The highest BCUT2D eigenvalue weighted by atomic mass is 16.7. The van der Waals surface area contributed by atoms with E-state index in [2.05, 4.69) is 6.92 Å². The van der Waals surface area contributed by atoms with Gasteiger partial charge in [0.25, 0.3) is 0 Å². The lowest BCUT2D eigenvalue weighted by Gasteiger charge is -2.29. The molecule has 0 unspecified atom stereocenters. The van der Waals surface area contributed by atoms with E-state index in [1.165, 1.54) is 0 Å². The molecule has 0 aromatic heterocycles. The normalized spacial score (nSPS) is 19.5. The lowest BCUT2D eigenvalue weighted by molar-refractivity contribution is -0.239. The minimum Gasteiger partial charge on any atom is -0.475 e. The van der Waals surface area contributed by atoms with Crippen molar-refractivity contribution in [2.45, 2.75) is 96.2 Å². The second-order valence-corrected chi connectivity index (χ2v) is 6.44. The average molecular weight is 342 g/mol. The van der Waals surface area contributed by atoms with Gasteiger partial charge in [0, 0.05) is 19.3 Å². The third-order valence-corrected chi connectivity index (χ3v) is 4.25. The number of unbranched alkanes of at least 4 members (excludes halogenated alkanes) is 4. The standard InChI is InChI=1S/C18H30O6/c1-2-3-4-8-11-14-18(17(21)22)23-15(19)12-9-6-5-7-10-13-16(20)24-18/h2-14H2,1H3,(H,21,22). The summed E-state index contributed by atoms with van der Waals surface area (Å²) in [5.41, 5.74) is 0. The molecule has 0 saturated carbocycles. The van der Waals surface area contributed by atoms with Crippen molar-refractivity contribution in [3.8, 4) is 0 Å². The van der Waals surface area contributed by atoms with Gasteiger partial charge in [-0.05, 0) is 19.3 Å². The van der Waals surface area contributed by atoms with Crippen LogP contribution in [0, 0.1) is 0 Å². The first-order chi connectivity index (χ1) is 11.5. The van der Waals surface area contributed by atoms with E-state index in [9.17, 15) is 19.5 Å². The zero-order chi connectivity index (χ0) is 17.8. The van der Waals surface area contributed by atoms with Crippen LogP contribution in [0.3, 0.4) is 0 Å². The molecule has 1 N–H and O–H groups in total. The lowest BCUT2D eigenvalue weighted by Crippen LogP contribution is -2.47. The van der Waals surface area contributed by atoms with Gasteiger partial charge in [-0.3, -0.25) is 9.59 Å². The molecule has 6 nitrogen and oxygen atoms in total. The molecule has 1 fully saturated rings. The molecule has 0 aliphatic carbocycles. The summed E-state index contributed by atoms with van der Waals surface area (Å²) < 4.78 is 10.3. The maximum Gasteiger partial charge on any atom is 0.390 e. The summed E-state index contributed by atoms with van der Waals surface area (Å²) in [6.45, 7) is 2.09. The minimum absolute atomic E-state index is 0.00350. The number of aliphatic carboxylic acids is 1. The Bertz CT molecular complexity index is 396. The van der Waals surface area contributed by atoms with Gasteiger partial charge in [-0.1, -0.05) is 51.9 Å². The monoisotopic (exact) mass is 342 g/mol. The molecule has 1 aliphatic rings. The Morgan fingerprint density at radius 3 is 1.92 bits per heavy atom. The number of cyclic esters (lactones) is 2. The molecule has 1 heterocycles. The molecular weight excluding hydrogens is 312 g/mol. The van der Waals surface area contributed by atoms with E-state index in [0.29, 0.717) is 19.3 Å². The Morgan fingerprint density at radius 1 is 0.917 bits per heavy atom. The first-order valence-electron chi connectivity index (χ1n) is 9.17. The van der Waals surface area contributed by atoms with E-state index in [4.69, 9.17) is 9.47 Å². The first kappa shape index (κ1) is 20.5. The summed E-state index contributed by atoms with van der Waals surface area (Å²) in [4.78, 5) is 35.7. The van der Waals surface area contributed by atoms with Crippen LogP contribution in [-0.4, -0.2) is 28.8 Å². The van der Waals surface area contributed by atoms with Crippen molar-refractivity contribution < 1.29 is 29.0 Å². The van der Waals surface area contributed by atoms with Crippen molar-refractivity contribution in [3.63, 3.8) is 0 Å². The highest BCUT2D eigenvalue weighted by Gasteiger charge is 2.46. The van der Waals surface area contributed by atoms with E-state index in [1.807, 2.05) is 0 Å². The van der Waals surface area contributed by atoms with Gasteiger partial charge in [-0.15, -0.1) is 0 Å². The first-order valence-corrected chi connectivity index (χ1v) is 9.17. The summed E-state index contributed by atoms with van der Waals surface area (Å²) in [7, 11) is 0. The van der Waals surface area contributed by atoms with Crippen molar-refractivity contribution in [1.82, 2.24) is 0 Å². The van der Waals surface area contributed by atoms with Crippen LogP contribution in [0.1, 0.15) is 90.4 Å². The Morgan fingerprint density at radius 2 is 1.42 bits per heavy atom. The lowest BCUT2D eigenvalue weighted by atomic mass is 10.0. The minimum atomic E-state index is -2.17. The molecule has 0 amide bonds. The second kappa shape index (κ2) is 11.0. The molecule has 0 bridgehead atoms. The molecule has 1 rings (SSSR count). The summed E-state index contributed by atoms with van der Waals surface area (Å²) in [5.74, 6) is -4.80. The van der Waals surface area contributed by atoms with Crippen molar-refractivity contribution in [1.29, 1.82) is 0 Å². The maximum atomic E-state index is 12.0. The maximum absolute atomic E-state index is 12.0. The van der Waals surface area contributed by atoms with E-state index >= 15 is 0 Å². The number of carbonyl (C=O) groups excluding carboxylic acids is 2. The number of hydrogen-bond acceptors (Lipinski definition) is 5. The molecule has 6 heteroatoms. The van der Waals surface area contributed by atoms with Crippen LogP contribution < -0.4 is 0 Å². The second-order valence-electron chi connectivity index (χ2n) is 6.44. The van der Waals surface area contributed by atoms with Crippen molar-refractivity contribution in [2.24, 2.45) is 0 Å². The van der Waals surface area contributed by atoms with Crippen molar-refractivity contribution >= 4 is 17.9 Å². The predicted octanol–water partition coefficient (Wildman–Crippen LogP) is 3.96. The summed E-state index contributed by atoms with van der Waals surface area (Å²) in [6, 6.07) is 0. The zero-order valence-corrected chi connectivity index (χ0v) is 14.7. The topological polar surface area (TPSA) is 89.9 Å². The molecule has 0 atom stereocenters. The Balaban J connectivity index is 2.79. The predicted molar refractivity (Wildman–Crippen MR) is 88.2 cm³/mol. The number of carboxylic acids is 1. The fourth-order valence-corrected chi connectivity index (χ4v) is 2.82. The number of hydrogen-bond donors (Lipinski definition) is 1. The van der Waals surface area contributed by atoms with Crippen LogP contribution in [0.4, 0.5) is 0 Å². The van der Waals surface area contributed by atoms with Crippen LogP contribution in [-0.2, 0) is 23.9 Å². The highest BCUT2D eigenvalue weighted by molar-refractivity contribution is 5.83. The number of esters is 2. The van der Waals surface area contributed by atoms with Crippen LogP contribution >= 0.6 is 0 Å². The summed E-state index contributed by atoms with van der Waals surface area (Å²) in [6.07, 6.45) is 8.82. The number of carboxylic acid groups (broad SMARTS) is 1. The van der Waals surface area contributed by atoms with E-state index in [1.54, 1.807) is 0 Å². The molecule has 0 spiro atoms. The van der Waals surface area contributed by atoms with Crippen molar-refractivity contribution in [2.75, 3.05) is 0 Å². The highest BCUT2D eigenvalue weighted by Crippen LogP contribution is 2.26. The molecule has 0 aromatic carbocycles. The number of rotatable bonds is 7. The van der Waals surface area contributed by atoms with Crippen LogP contribution in [0.5, 0.6) is 0 Å². The van der Waals surface area contributed by atoms with Gasteiger partial charge in [-0.25, -0.2) is 4.79 Å². The van der Waals surface area contributed by atoms with Crippen LogP contribution in [0.15, 0.2) is 0 Å². The number of carbonyl (C=O) groups is 3. The fourth-order valence-electron chi connectivity index (χ4n) is 2.82. The average Bonchev–Trinajstić information content (AvgIpc) is 2.52. The molecule has 24 heavy (non-hydrogen) atoms. The SMILES string of the molecule is CCCCCCCC1(C(=O)O)OC(=O)CCCCCCCC(=O)O1. The third kappa shape index (κ3) is 7.32. The smallest absolute Gasteiger partial charge is 0.390 e. The largest absolute Gasteiger partial charge is 0.475 e. The van der Waals surface area contributed by atoms with Gasteiger partial charge in [0.2, 0.25) is 0 Å². The summed E-state index contributed by atoms with van der Waals surface area (Å²) >= 11 is 0. The zero-order valence-electron chi connectivity index (χ0n) is 14.7. The summed E-state index contributed by atoms with van der Waals surface area (Å²) in [5, 5.41) is 9.58. The molecule has 1 saturated heterocycles. The number of ether oxygens (including phenoxy) is 2. The van der Waals surface area contributed by atoms with Crippen LogP contribution in [0.2, 0.25) is 0 Å². The van der Waals surface area contributed by atoms with Gasteiger partial charge in [-0.2, -0.15) is 0 Å². The third-order valence-electron chi connectivity index (χ3n) is 4.25. The van der Waals surface area contributed by atoms with Crippen molar-refractivity contribution in [3.05, 3.63) is 0 Å². The molecule has 138 valence electrons. The van der Waals surface area contributed by atoms with E-state index in [-0.39, 0.29) is 19.3 Å². The van der Waals surface area contributed by atoms with Gasteiger partial charge >= 0.3 is 23.7 Å². The Hall–Kier alpha value is -1.59. The fraction of sp³-hybridized carbons (Fsp3) is 0.833. The molecule has 1 aliphatic heterocycles. The van der Waals surface area contributed by atoms with E-state index < -0.39 is 23.7 Å². The van der Waals surface area contributed by atoms with Gasteiger partial charge < -0.3 is 14.6 Å². The van der Waals surface area contributed by atoms with E-state index in [0.717, 1.165) is 44.9 Å². The Labute approximate surface area is 143 Å². The van der Waals surface area contributed by atoms with Gasteiger partial charge in [0.15, 0.2) is 0 Å². The van der Waals surface area contributed by atoms with Gasteiger partial charge in [0.1, 0.15) is 0 Å². The van der Waals surface area contributed by atoms with Gasteiger partial charge in [0.05, 0.1) is 0 Å². The Kier molecular flexibility index (Phi) is 9.42.